The third kappa shape index (κ3) is 2.44. The zero-order valence-electron chi connectivity index (χ0n) is 10.0. The number of benzene rings is 1. The van der Waals surface area contributed by atoms with Crippen LogP contribution in [0.5, 0.6) is 11.5 Å². The fourth-order valence-corrected chi connectivity index (χ4v) is 1.84. The van der Waals surface area contributed by atoms with Crippen molar-refractivity contribution in [2.45, 2.75) is 13.8 Å². The van der Waals surface area contributed by atoms with Crippen LogP contribution in [0.15, 0.2) is 12.1 Å². The predicted octanol–water partition coefficient (Wildman–Crippen LogP) is 3.73. The number of fused-ring (bicyclic) bond motifs is 1. The molecule has 0 saturated carbocycles. The third-order valence-electron chi connectivity index (χ3n) is 2.27. The highest BCUT2D eigenvalue weighted by atomic mass is 35.5. The number of hydrogen-bond donors (Lipinski definition) is 0. The van der Waals surface area contributed by atoms with Crippen molar-refractivity contribution in [2.75, 3.05) is 13.2 Å². The van der Waals surface area contributed by atoms with Crippen LogP contribution in [-0.2, 0) is 0 Å². The number of nitrogens with zero attached hydrogens (tertiary/aromatic N) is 2. The Morgan fingerprint density at radius 3 is 1.61 bits per heavy atom. The minimum atomic E-state index is 0.152. The molecule has 0 aliphatic carbocycles. The molecule has 96 valence electrons. The van der Waals surface area contributed by atoms with Gasteiger partial charge in [-0.25, -0.2) is 9.97 Å². The number of hydrogen-bond acceptors (Lipinski definition) is 4. The summed E-state index contributed by atoms with van der Waals surface area (Å²) in [7, 11) is 0. The van der Waals surface area contributed by atoms with Crippen LogP contribution < -0.4 is 9.47 Å². The van der Waals surface area contributed by atoms with Gasteiger partial charge in [0.1, 0.15) is 22.5 Å². The Hall–Kier alpha value is -1.26. The SMILES string of the molecule is CCOc1ccc(OCC)c2nc(Cl)c(Cl)nc12. The highest BCUT2D eigenvalue weighted by molar-refractivity contribution is 6.40. The van der Waals surface area contributed by atoms with E-state index in [1.165, 1.54) is 0 Å². The van der Waals surface area contributed by atoms with E-state index in [9.17, 15) is 0 Å². The van der Waals surface area contributed by atoms with Gasteiger partial charge in [0.05, 0.1) is 13.2 Å². The molecule has 2 rings (SSSR count). The molecule has 18 heavy (non-hydrogen) atoms. The van der Waals surface area contributed by atoms with Crippen LogP contribution in [0, 0.1) is 0 Å². The summed E-state index contributed by atoms with van der Waals surface area (Å²) >= 11 is 11.8. The van der Waals surface area contributed by atoms with E-state index in [0.29, 0.717) is 35.7 Å². The molecule has 4 nitrogen and oxygen atoms in total. The average Bonchev–Trinajstić information content (AvgIpc) is 2.35. The third-order valence-corrected chi connectivity index (χ3v) is 2.89. The Balaban J connectivity index is 2.69. The summed E-state index contributed by atoms with van der Waals surface area (Å²) in [5, 5.41) is 0.303. The summed E-state index contributed by atoms with van der Waals surface area (Å²) in [4.78, 5) is 8.41. The van der Waals surface area contributed by atoms with Gasteiger partial charge in [-0.05, 0) is 26.0 Å². The summed E-state index contributed by atoms with van der Waals surface area (Å²) in [5.41, 5.74) is 1.11. The van der Waals surface area contributed by atoms with Gasteiger partial charge in [0.2, 0.25) is 0 Å². The average molecular weight is 287 g/mol. The van der Waals surface area contributed by atoms with Crippen LogP contribution in [-0.4, -0.2) is 23.2 Å². The van der Waals surface area contributed by atoms with Crippen LogP contribution in [0.3, 0.4) is 0 Å². The first-order chi connectivity index (χ1) is 8.67. The maximum absolute atomic E-state index is 5.89. The van der Waals surface area contributed by atoms with Crippen molar-refractivity contribution in [3.8, 4) is 11.5 Å². The van der Waals surface area contributed by atoms with Crippen molar-refractivity contribution in [1.82, 2.24) is 9.97 Å². The molecule has 0 unspecified atom stereocenters. The number of aromatic nitrogens is 2. The highest BCUT2D eigenvalue weighted by Crippen LogP contribution is 2.33. The van der Waals surface area contributed by atoms with E-state index < -0.39 is 0 Å². The van der Waals surface area contributed by atoms with Crippen molar-refractivity contribution < 1.29 is 9.47 Å². The Bertz CT molecular complexity index is 525. The topological polar surface area (TPSA) is 44.2 Å². The smallest absolute Gasteiger partial charge is 0.167 e. The fourth-order valence-electron chi connectivity index (χ4n) is 1.59. The molecule has 0 spiro atoms. The van der Waals surface area contributed by atoms with E-state index in [4.69, 9.17) is 32.7 Å². The molecule has 0 aliphatic rings. The normalized spacial score (nSPS) is 10.7. The maximum Gasteiger partial charge on any atom is 0.167 e. The lowest BCUT2D eigenvalue weighted by molar-refractivity contribution is 0.335. The molecule has 0 fully saturated rings. The van der Waals surface area contributed by atoms with Gasteiger partial charge in [-0.3, -0.25) is 0 Å². The predicted molar refractivity (Wildman–Crippen MR) is 71.9 cm³/mol. The quantitative estimate of drug-likeness (QED) is 0.859. The van der Waals surface area contributed by atoms with Crippen LogP contribution in [0.2, 0.25) is 10.3 Å². The van der Waals surface area contributed by atoms with E-state index >= 15 is 0 Å². The zero-order chi connectivity index (χ0) is 13.1. The van der Waals surface area contributed by atoms with E-state index in [1.807, 2.05) is 13.8 Å². The van der Waals surface area contributed by atoms with Gasteiger partial charge in [0.25, 0.3) is 0 Å². The Morgan fingerprint density at radius 2 is 1.28 bits per heavy atom. The van der Waals surface area contributed by atoms with Crippen molar-refractivity contribution in [2.24, 2.45) is 0 Å². The standard InChI is InChI=1S/C12H12Cl2N2O2/c1-3-17-7-5-6-8(18-4-2)10-9(7)15-11(13)12(14)16-10/h5-6H,3-4H2,1-2H3. The van der Waals surface area contributed by atoms with Gasteiger partial charge < -0.3 is 9.47 Å². The summed E-state index contributed by atoms with van der Waals surface area (Å²) in [5.74, 6) is 1.23. The minimum Gasteiger partial charge on any atom is -0.492 e. The maximum atomic E-state index is 5.89. The van der Waals surface area contributed by atoms with Gasteiger partial charge in [0.15, 0.2) is 10.3 Å². The first-order valence-electron chi connectivity index (χ1n) is 5.58. The Kier molecular flexibility index (Phi) is 4.09. The lowest BCUT2D eigenvalue weighted by Gasteiger charge is -2.11. The summed E-state index contributed by atoms with van der Waals surface area (Å²) in [6.45, 7) is 4.86. The van der Waals surface area contributed by atoms with Crippen LogP contribution in [0.4, 0.5) is 0 Å². The molecule has 6 heteroatoms. The van der Waals surface area contributed by atoms with Crippen molar-refractivity contribution >= 4 is 34.2 Å². The number of rotatable bonds is 4. The van der Waals surface area contributed by atoms with E-state index in [-0.39, 0.29) is 10.3 Å². The highest BCUT2D eigenvalue weighted by Gasteiger charge is 2.14. The number of halogens is 2. The lowest BCUT2D eigenvalue weighted by Crippen LogP contribution is -1.99. The van der Waals surface area contributed by atoms with Crippen LogP contribution >= 0.6 is 23.2 Å². The molecule has 1 aromatic carbocycles. The van der Waals surface area contributed by atoms with Gasteiger partial charge in [-0.1, -0.05) is 23.2 Å². The van der Waals surface area contributed by atoms with Gasteiger partial charge in [-0.2, -0.15) is 0 Å². The van der Waals surface area contributed by atoms with E-state index in [0.717, 1.165) is 0 Å². The molecular weight excluding hydrogens is 275 g/mol. The first kappa shape index (κ1) is 13.2. The molecule has 0 radical (unpaired) electrons. The fraction of sp³-hybridized carbons (Fsp3) is 0.333. The van der Waals surface area contributed by atoms with E-state index in [2.05, 4.69) is 9.97 Å². The molecule has 0 aliphatic heterocycles. The molecular formula is C12H12Cl2N2O2. The van der Waals surface area contributed by atoms with Crippen LogP contribution in [0.1, 0.15) is 13.8 Å². The van der Waals surface area contributed by atoms with Crippen molar-refractivity contribution in [3.05, 3.63) is 22.4 Å². The first-order valence-corrected chi connectivity index (χ1v) is 6.34. The summed E-state index contributed by atoms with van der Waals surface area (Å²) in [6, 6.07) is 3.57. The van der Waals surface area contributed by atoms with Gasteiger partial charge in [-0.15, -0.1) is 0 Å². The second kappa shape index (κ2) is 5.59. The molecule has 1 heterocycles. The largest absolute Gasteiger partial charge is 0.492 e. The molecule has 0 saturated heterocycles. The Labute approximate surface area is 115 Å². The molecule has 0 atom stereocenters. The monoisotopic (exact) mass is 286 g/mol. The second-order valence-corrected chi connectivity index (χ2v) is 4.15. The van der Waals surface area contributed by atoms with Gasteiger partial charge in [0, 0.05) is 0 Å². The lowest BCUT2D eigenvalue weighted by atomic mass is 10.2. The van der Waals surface area contributed by atoms with Crippen LogP contribution in [0.25, 0.3) is 11.0 Å². The van der Waals surface area contributed by atoms with Crippen molar-refractivity contribution in [3.63, 3.8) is 0 Å². The molecule has 0 N–H and O–H groups in total. The Morgan fingerprint density at radius 1 is 0.889 bits per heavy atom. The summed E-state index contributed by atoms with van der Waals surface area (Å²) in [6.07, 6.45) is 0. The molecule has 0 bridgehead atoms. The zero-order valence-corrected chi connectivity index (χ0v) is 11.5. The second-order valence-electron chi connectivity index (χ2n) is 3.43. The molecule has 2 aromatic rings. The molecule has 1 aromatic heterocycles. The van der Waals surface area contributed by atoms with E-state index in [1.54, 1.807) is 12.1 Å². The molecule has 0 amide bonds. The summed E-state index contributed by atoms with van der Waals surface area (Å²) < 4.78 is 11.0. The minimum absolute atomic E-state index is 0.152. The number of ether oxygens (including phenoxy) is 2. The van der Waals surface area contributed by atoms with Crippen molar-refractivity contribution in [1.29, 1.82) is 0 Å². The van der Waals surface area contributed by atoms with Gasteiger partial charge >= 0.3 is 0 Å².